The van der Waals surface area contributed by atoms with Gasteiger partial charge in [0.1, 0.15) is 5.82 Å². The van der Waals surface area contributed by atoms with Crippen LogP contribution in [0.1, 0.15) is 24.4 Å². The van der Waals surface area contributed by atoms with Crippen molar-refractivity contribution in [1.82, 2.24) is 0 Å². The van der Waals surface area contributed by atoms with Crippen molar-refractivity contribution in [2.75, 3.05) is 13.2 Å². The lowest BCUT2D eigenvalue weighted by atomic mass is 9.89. The second kappa shape index (κ2) is 5.06. The Kier molecular flexibility index (Phi) is 3.69. The van der Waals surface area contributed by atoms with Crippen molar-refractivity contribution in [3.63, 3.8) is 0 Å². The van der Waals surface area contributed by atoms with Crippen molar-refractivity contribution >= 4 is 0 Å². The predicted octanol–water partition coefficient (Wildman–Crippen LogP) is 2.53. The molecule has 0 amide bonds. The van der Waals surface area contributed by atoms with Crippen LogP contribution < -0.4 is 5.73 Å². The average Bonchev–Trinajstić information content (AvgIpc) is 2.34. The molecule has 1 aliphatic heterocycles. The molecule has 1 aromatic rings. The molecule has 94 valence electrons. The Balaban J connectivity index is 2.23. The smallest absolute Gasteiger partial charge is 0.161 e. The van der Waals surface area contributed by atoms with Gasteiger partial charge in [0, 0.05) is 30.2 Å². The molecule has 1 heterocycles. The quantitative estimate of drug-likeness (QED) is 0.812. The fraction of sp³-hybridized carbons (Fsp3) is 0.500. The van der Waals surface area contributed by atoms with Gasteiger partial charge < -0.3 is 10.5 Å². The Morgan fingerprint density at radius 3 is 2.53 bits per heavy atom. The molecule has 0 radical (unpaired) electrons. The normalized spacial score (nSPS) is 22.5. The van der Waals surface area contributed by atoms with Crippen LogP contribution in [0.5, 0.6) is 0 Å². The molecule has 1 aromatic carbocycles. The zero-order chi connectivity index (χ0) is 12.4. The average molecular weight is 245 g/mol. The lowest BCUT2D eigenvalue weighted by Crippen LogP contribution is -2.29. The van der Waals surface area contributed by atoms with Gasteiger partial charge in [-0.2, -0.15) is 0 Å². The summed E-state index contributed by atoms with van der Waals surface area (Å²) >= 11 is 0. The van der Waals surface area contributed by atoms with Crippen LogP contribution >= 0.6 is 0 Å². The number of hydrogen-bond acceptors (Lipinski definition) is 2. The van der Waals surface area contributed by atoms with Gasteiger partial charge in [-0.15, -0.1) is 0 Å². The first-order valence-corrected chi connectivity index (χ1v) is 5.57. The lowest BCUT2D eigenvalue weighted by Gasteiger charge is -2.28. The molecule has 1 aliphatic rings. The van der Waals surface area contributed by atoms with Crippen molar-refractivity contribution in [2.24, 2.45) is 11.7 Å². The van der Waals surface area contributed by atoms with Crippen molar-refractivity contribution in [3.05, 3.63) is 35.1 Å². The van der Waals surface area contributed by atoms with E-state index in [2.05, 4.69) is 0 Å². The minimum atomic E-state index is -1.20. The molecule has 2 nitrogen and oxygen atoms in total. The van der Waals surface area contributed by atoms with E-state index in [1.54, 1.807) is 0 Å². The maximum absolute atomic E-state index is 13.5. The summed E-state index contributed by atoms with van der Waals surface area (Å²) in [5, 5.41) is 0. The minimum absolute atomic E-state index is 0.0133. The summed E-state index contributed by atoms with van der Waals surface area (Å²) in [5.41, 5.74) is 5.89. The topological polar surface area (TPSA) is 35.2 Å². The molecule has 2 unspecified atom stereocenters. The van der Waals surface area contributed by atoms with E-state index in [0.29, 0.717) is 19.3 Å². The number of ether oxygens (including phenoxy) is 1. The van der Waals surface area contributed by atoms with Crippen LogP contribution in [0.15, 0.2) is 12.1 Å². The summed E-state index contributed by atoms with van der Waals surface area (Å²) in [4.78, 5) is 0. The summed E-state index contributed by atoms with van der Waals surface area (Å²) < 4.78 is 44.6. The number of benzene rings is 1. The highest BCUT2D eigenvalue weighted by Gasteiger charge is 2.25. The van der Waals surface area contributed by atoms with E-state index in [1.807, 2.05) is 0 Å². The monoisotopic (exact) mass is 245 g/mol. The molecule has 1 saturated heterocycles. The van der Waals surface area contributed by atoms with E-state index in [9.17, 15) is 13.2 Å². The fourth-order valence-corrected chi connectivity index (χ4v) is 2.10. The zero-order valence-electron chi connectivity index (χ0n) is 9.26. The number of hydrogen-bond donors (Lipinski definition) is 1. The van der Waals surface area contributed by atoms with E-state index in [-0.39, 0.29) is 11.5 Å². The first-order chi connectivity index (χ1) is 8.09. The van der Waals surface area contributed by atoms with Crippen molar-refractivity contribution < 1.29 is 17.9 Å². The summed E-state index contributed by atoms with van der Waals surface area (Å²) in [5.74, 6) is -3.13. The van der Waals surface area contributed by atoms with Gasteiger partial charge in [-0.1, -0.05) is 0 Å². The third kappa shape index (κ3) is 2.61. The summed E-state index contributed by atoms with van der Waals surface area (Å²) in [6.07, 6.45) is 1.66. The minimum Gasteiger partial charge on any atom is -0.381 e. The Hall–Kier alpha value is -1.07. The van der Waals surface area contributed by atoms with Gasteiger partial charge in [-0.25, -0.2) is 13.2 Å². The fourth-order valence-electron chi connectivity index (χ4n) is 2.10. The molecule has 2 N–H and O–H groups in total. The standard InChI is InChI=1S/C12H14F3NO/c13-9-5-11(15)10(14)4-8(9)12(16)7-2-1-3-17-6-7/h4-5,7,12H,1-3,6,16H2. The Morgan fingerprint density at radius 1 is 1.18 bits per heavy atom. The molecule has 2 atom stereocenters. The lowest BCUT2D eigenvalue weighted by molar-refractivity contribution is 0.0443. The predicted molar refractivity (Wildman–Crippen MR) is 56.8 cm³/mol. The highest BCUT2D eigenvalue weighted by molar-refractivity contribution is 5.23. The van der Waals surface area contributed by atoms with Gasteiger partial charge in [0.2, 0.25) is 0 Å². The molecule has 17 heavy (non-hydrogen) atoms. The molecule has 5 heteroatoms. The van der Waals surface area contributed by atoms with Crippen LogP contribution in [0.3, 0.4) is 0 Å². The highest BCUT2D eigenvalue weighted by Crippen LogP contribution is 2.29. The Morgan fingerprint density at radius 2 is 1.88 bits per heavy atom. The number of nitrogens with two attached hydrogens (primary N) is 1. The summed E-state index contributed by atoms with van der Waals surface area (Å²) in [7, 11) is 0. The van der Waals surface area contributed by atoms with E-state index >= 15 is 0 Å². The number of halogens is 3. The molecule has 0 aromatic heterocycles. The zero-order valence-corrected chi connectivity index (χ0v) is 9.26. The van der Waals surface area contributed by atoms with Gasteiger partial charge in [0.15, 0.2) is 11.6 Å². The van der Waals surface area contributed by atoms with Gasteiger partial charge in [-0.05, 0) is 18.9 Å². The molecule has 2 rings (SSSR count). The van der Waals surface area contributed by atoms with Crippen LogP contribution in [0.2, 0.25) is 0 Å². The molecule has 0 spiro atoms. The third-order valence-electron chi connectivity index (χ3n) is 3.10. The maximum Gasteiger partial charge on any atom is 0.161 e. The third-order valence-corrected chi connectivity index (χ3v) is 3.10. The van der Waals surface area contributed by atoms with E-state index in [1.165, 1.54) is 0 Å². The molecule has 0 saturated carbocycles. The maximum atomic E-state index is 13.5. The SMILES string of the molecule is NC(c1cc(F)c(F)cc1F)C1CCCOC1. The van der Waals surface area contributed by atoms with Crippen LogP contribution in [-0.4, -0.2) is 13.2 Å². The summed E-state index contributed by atoms with van der Waals surface area (Å²) in [6.45, 7) is 1.10. The van der Waals surface area contributed by atoms with Gasteiger partial charge in [-0.3, -0.25) is 0 Å². The molecular weight excluding hydrogens is 231 g/mol. The van der Waals surface area contributed by atoms with Crippen LogP contribution in [-0.2, 0) is 4.74 Å². The van der Waals surface area contributed by atoms with E-state index in [0.717, 1.165) is 18.9 Å². The van der Waals surface area contributed by atoms with E-state index < -0.39 is 23.5 Å². The van der Waals surface area contributed by atoms with Gasteiger partial charge in [0.05, 0.1) is 6.61 Å². The Labute approximate surface area is 97.6 Å². The summed E-state index contributed by atoms with van der Waals surface area (Å²) in [6, 6.07) is 0.711. The van der Waals surface area contributed by atoms with E-state index in [4.69, 9.17) is 10.5 Å². The molecular formula is C12H14F3NO. The second-order valence-electron chi connectivity index (χ2n) is 4.29. The number of rotatable bonds is 2. The molecule has 0 aliphatic carbocycles. The van der Waals surface area contributed by atoms with Crippen molar-refractivity contribution in [3.8, 4) is 0 Å². The van der Waals surface area contributed by atoms with Gasteiger partial charge in [0.25, 0.3) is 0 Å². The van der Waals surface area contributed by atoms with Gasteiger partial charge >= 0.3 is 0 Å². The molecule has 0 bridgehead atoms. The van der Waals surface area contributed by atoms with Crippen LogP contribution in [0.25, 0.3) is 0 Å². The largest absolute Gasteiger partial charge is 0.381 e. The highest BCUT2D eigenvalue weighted by atomic mass is 19.2. The Bertz CT molecular complexity index is 405. The second-order valence-corrected chi connectivity index (χ2v) is 4.29. The van der Waals surface area contributed by atoms with Crippen LogP contribution in [0, 0.1) is 23.4 Å². The molecule has 1 fully saturated rings. The van der Waals surface area contributed by atoms with Crippen molar-refractivity contribution in [1.29, 1.82) is 0 Å². The first-order valence-electron chi connectivity index (χ1n) is 5.57. The van der Waals surface area contributed by atoms with Crippen LogP contribution in [0.4, 0.5) is 13.2 Å². The first kappa shape index (κ1) is 12.4. The van der Waals surface area contributed by atoms with Crippen molar-refractivity contribution in [2.45, 2.75) is 18.9 Å².